The fraction of sp³-hybridized carbons (Fsp3) is 0.500. The number of carbonyl (C=O) groups is 1. The number of benzene rings is 1. The van der Waals surface area contributed by atoms with Crippen molar-refractivity contribution in [3.63, 3.8) is 0 Å². The fourth-order valence-corrected chi connectivity index (χ4v) is 2.45. The number of halogens is 1. The lowest BCUT2D eigenvalue weighted by Crippen LogP contribution is -2.34. The molecule has 1 aromatic carbocycles. The molecule has 1 aliphatic rings. The summed E-state index contributed by atoms with van der Waals surface area (Å²) < 4.78 is 0. The maximum Gasteiger partial charge on any atom is 0.222 e. The van der Waals surface area contributed by atoms with Crippen molar-refractivity contribution in [1.29, 1.82) is 0 Å². The molecule has 18 heavy (non-hydrogen) atoms. The van der Waals surface area contributed by atoms with E-state index in [2.05, 4.69) is 23.5 Å². The van der Waals surface area contributed by atoms with Gasteiger partial charge in [0.2, 0.25) is 5.91 Å². The average molecular weight is 269 g/mol. The maximum atomic E-state index is 11.7. The first-order chi connectivity index (χ1) is 8.16. The molecule has 2 unspecified atom stereocenters. The van der Waals surface area contributed by atoms with Crippen molar-refractivity contribution in [2.45, 2.75) is 44.7 Å². The summed E-state index contributed by atoms with van der Waals surface area (Å²) in [4.78, 5) is 11.7. The van der Waals surface area contributed by atoms with Crippen molar-refractivity contribution in [3.05, 3.63) is 35.4 Å². The lowest BCUT2D eigenvalue weighted by molar-refractivity contribution is -0.122. The second-order valence-corrected chi connectivity index (χ2v) is 4.89. The first kappa shape index (κ1) is 15.0. The van der Waals surface area contributed by atoms with Crippen LogP contribution in [0.25, 0.3) is 0 Å². The number of aryl methyl sites for hydroxylation is 1. The predicted octanol–water partition coefficient (Wildman–Crippen LogP) is 2.34. The molecule has 3 N–H and O–H groups in total. The van der Waals surface area contributed by atoms with Crippen LogP contribution in [-0.4, -0.2) is 11.9 Å². The average Bonchev–Trinajstić information content (AvgIpc) is 2.28. The Morgan fingerprint density at radius 2 is 2.22 bits per heavy atom. The van der Waals surface area contributed by atoms with Crippen LogP contribution in [0.1, 0.15) is 43.4 Å². The van der Waals surface area contributed by atoms with E-state index in [1.807, 2.05) is 13.0 Å². The van der Waals surface area contributed by atoms with Crippen molar-refractivity contribution in [3.8, 4) is 0 Å². The van der Waals surface area contributed by atoms with Crippen molar-refractivity contribution in [2.24, 2.45) is 5.73 Å². The van der Waals surface area contributed by atoms with E-state index in [0.717, 1.165) is 19.3 Å². The number of fused-ring (bicyclic) bond motifs is 1. The Morgan fingerprint density at radius 1 is 1.50 bits per heavy atom. The number of hydrogen-bond donors (Lipinski definition) is 2. The quantitative estimate of drug-likeness (QED) is 0.884. The molecule has 0 bridgehead atoms. The largest absolute Gasteiger partial charge is 0.349 e. The maximum absolute atomic E-state index is 11.7. The van der Waals surface area contributed by atoms with Gasteiger partial charge in [-0.15, -0.1) is 12.4 Å². The second-order valence-electron chi connectivity index (χ2n) is 4.89. The van der Waals surface area contributed by atoms with Gasteiger partial charge in [0.1, 0.15) is 0 Å². The SMILES string of the molecule is CC(N)CC(=O)NC1CCCc2ccccc21.Cl. The normalized spacial score (nSPS) is 19.3. The molecule has 4 heteroatoms. The Kier molecular flexibility index (Phi) is 5.63. The lowest BCUT2D eigenvalue weighted by Gasteiger charge is -2.26. The molecule has 1 amide bonds. The van der Waals surface area contributed by atoms with E-state index < -0.39 is 0 Å². The molecular weight excluding hydrogens is 248 g/mol. The minimum absolute atomic E-state index is 0. The molecule has 0 aromatic heterocycles. The van der Waals surface area contributed by atoms with E-state index in [4.69, 9.17) is 5.73 Å². The Balaban J connectivity index is 0.00000162. The highest BCUT2D eigenvalue weighted by atomic mass is 35.5. The van der Waals surface area contributed by atoms with Gasteiger partial charge in [-0.1, -0.05) is 24.3 Å². The van der Waals surface area contributed by atoms with E-state index in [0.29, 0.717) is 6.42 Å². The summed E-state index contributed by atoms with van der Waals surface area (Å²) in [5.74, 6) is 0.0571. The fourth-order valence-electron chi connectivity index (χ4n) is 2.45. The van der Waals surface area contributed by atoms with Gasteiger partial charge in [0, 0.05) is 12.5 Å². The molecule has 0 saturated heterocycles. The van der Waals surface area contributed by atoms with Crippen LogP contribution in [-0.2, 0) is 11.2 Å². The molecule has 0 saturated carbocycles. The molecule has 100 valence electrons. The Bertz CT molecular complexity index is 407. The number of nitrogens with two attached hydrogens (primary N) is 1. The molecule has 3 nitrogen and oxygen atoms in total. The van der Waals surface area contributed by atoms with Crippen LogP contribution in [0.3, 0.4) is 0 Å². The highest BCUT2D eigenvalue weighted by Crippen LogP contribution is 2.29. The van der Waals surface area contributed by atoms with E-state index >= 15 is 0 Å². The molecule has 1 aromatic rings. The summed E-state index contributed by atoms with van der Waals surface area (Å²) in [6.45, 7) is 1.86. The minimum atomic E-state index is -0.0752. The zero-order valence-corrected chi connectivity index (χ0v) is 11.5. The second kappa shape index (κ2) is 6.76. The van der Waals surface area contributed by atoms with Crippen molar-refractivity contribution < 1.29 is 4.79 Å². The number of nitrogens with one attached hydrogen (secondary N) is 1. The smallest absolute Gasteiger partial charge is 0.222 e. The van der Waals surface area contributed by atoms with Crippen LogP contribution in [0.5, 0.6) is 0 Å². The summed E-state index contributed by atoms with van der Waals surface area (Å²) in [6.07, 6.45) is 3.69. The van der Waals surface area contributed by atoms with E-state index in [-0.39, 0.29) is 30.4 Å². The van der Waals surface area contributed by atoms with Gasteiger partial charge in [-0.05, 0) is 37.3 Å². The van der Waals surface area contributed by atoms with Crippen LogP contribution in [0.4, 0.5) is 0 Å². The van der Waals surface area contributed by atoms with Gasteiger partial charge in [0.15, 0.2) is 0 Å². The van der Waals surface area contributed by atoms with Crippen molar-refractivity contribution in [1.82, 2.24) is 5.32 Å². The predicted molar refractivity (Wildman–Crippen MR) is 75.8 cm³/mol. The third-order valence-electron chi connectivity index (χ3n) is 3.21. The van der Waals surface area contributed by atoms with Crippen molar-refractivity contribution in [2.75, 3.05) is 0 Å². The molecule has 1 aliphatic carbocycles. The van der Waals surface area contributed by atoms with Crippen LogP contribution in [0.15, 0.2) is 24.3 Å². The summed E-state index contributed by atoms with van der Waals surface area (Å²) >= 11 is 0. The molecule has 0 radical (unpaired) electrons. The third kappa shape index (κ3) is 3.72. The van der Waals surface area contributed by atoms with Gasteiger partial charge >= 0.3 is 0 Å². The van der Waals surface area contributed by atoms with Gasteiger partial charge < -0.3 is 11.1 Å². The molecule has 2 rings (SSSR count). The number of carbonyl (C=O) groups excluding carboxylic acids is 1. The highest BCUT2D eigenvalue weighted by Gasteiger charge is 2.21. The zero-order valence-electron chi connectivity index (χ0n) is 10.7. The summed E-state index contributed by atoms with van der Waals surface area (Å²) in [7, 11) is 0. The number of amides is 1. The van der Waals surface area contributed by atoms with Gasteiger partial charge in [-0.2, -0.15) is 0 Å². The summed E-state index contributed by atoms with van der Waals surface area (Å²) in [5, 5.41) is 3.09. The van der Waals surface area contributed by atoms with Crippen LogP contribution >= 0.6 is 12.4 Å². The molecule has 0 fully saturated rings. The van der Waals surface area contributed by atoms with Gasteiger partial charge in [-0.25, -0.2) is 0 Å². The Hall–Kier alpha value is -1.06. The molecular formula is C14H21ClN2O. The highest BCUT2D eigenvalue weighted by molar-refractivity contribution is 5.85. The molecule has 0 spiro atoms. The monoisotopic (exact) mass is 268 g/mol. The van der Waals surface area contributed by atoms with E-state index in [1.54, 1.807) is 0 Å². The Labute approximate surface area is 115 Å². The van der Waals surface area contributed by atoms with E-state index in [1.165, 1.54) is 11.1 Å². The summed E-state index contributed by atoms with van der Waals surface area (Å²) in [5.41, 5.74) is 8.27. The summed E-state index contributed by atoms with van der Waals surface area (Å²) in [6, 6.07) is 8.46. The van der Waals surface area contributed by atoms with Crippen LogP contribution in [0, 0.1) is 0 Å². The van der Waals surface area contributed by atoms with Crippen molar-refractivity contribution >= 4 is 18.3 Å². The first-order valence-corrected chi connectivity index (χ1v) is 6.29. The van der Waals surface area contributed by atoms with Gasteiger partial charge in [-0.3, -0.25) is 4.79 Å². The van der Waals surface area contributed by atoms with Crippen LogP contribution < -0.4 is 11.1 Å². The van der Waals surface area contributed by atoms with Gasteiger partial charge in [0.05, 0.1) is 6.04 Å². The van der Waals surface area contributed by atoms with Crippen LogP contribution in [0.2, 0.25) is 0 Å². The first-order valence-electron chi connectivity index (χ1n) is 6.29. The number of hydrogen-bond acceptors (Lipinski definition) is 2. The third-order valence-corrected chi connectivity index (χ3v) is 3.21. The lowest BCUT2D eigenvalue weighted by atomic mass is 9.87. The minimum Gasteiger partial charge on any atom is -0.349 e. The van der Waals surface area contributed by atoms with E-state index in [9.17, 15) is 4.79 Å². The number of rotatable bonds is 3. The molecule has 0 aliphatic heterocycles. The van der Waals surface area contributed by atoms with Gasteiger partial charge in [0.25, 0.3) is 0 Å². The topological polar surface area (TPSA) is 55.1 Å². The Morgan fingerprint density at radius 3 is 2.94 bits per heavy atom. The standard InChI is InChI=1S/C14H20N2O.ClH/c1-10(15)9-14(17)16-13-8-4-6-11-5-2-3-7-12(11)13;/h2-3,5,7,10,13H,4,6,8-9,15H2,1H3,(H,16,17);1H. The molecule has 0 heterocycles. The molecule has 2 atom stereocenters. The zero-order chi connectivity index (χ0) is 12.3.